The number of methoxy groups -OCH3 is 1. The summed E-state index contributed by atoms with van der Waals surface area (Å²) in [5.41, 5.74) is 1.37. The number of hydrogen-bond acceptors (Lipinski definition) is 5. The first-order chi connectivity index (χ1) is 16.2. The highest BCUT2D eigenvalue weighted by Crippen LogP contribution is 2.60. The van der Waals surface area contributed by atoms with E-state index in [4.69, 9.17) is 26.4 Å². The Balaban J connectivity index is 1.72. The predicted octanol–water partition coefficient (Wildman–Crippen LogP) is 5.37. The van der Waals surface area contributed by atoms with Gasteiger partial charge in [-0.25, -0.2) is 0 Å². The Morgan fingerprint density at radius 3 is 2.53 bits per heavy atom. The van der Waals surface area contributed by atoms with Gasteiger partial charge in [-0.3, -0.25) is 4.79 Å². The van der Waals surface area contributed by atoms with Crippen molar-refractivity contribution in [3.8, 4) is 5.75 Å². The molecule has 1 aromatic rings. The largest absolute Gasteiger partial charge is 0.491 e. The fraction of sp³-hybridized carbons (Fsp3) is 0.714. The van der Waals surface area contributed by atoms with Crippen molar-refractivity contribution in [1.29, 1.82) is 0 Å². The molecular formula is C28H41NO4S. The number of carbonyl (C=O) groups is 1. The van der Waals surface area contributed by atoms with Crippen LogP contribution in [0.1, 0.15) is 77.3 Å². The van der Waals surface area contributed by atoms with Crippen LogP contribution in [0.5, 0.6) is 5.75 Å². The summed E-state index contributed by atoms with van der Waals surface area (Å²) in [6.07, 6.45) is 6.71. The average Bonchev–Trinajstić information content (AvgIpc) is 3.04. The van der Waals surface area contributed by atoms with Crippen LogP contribution in [-0.2, 0) is 26.2 Å². The Bertz CT molecular complexity index is 906. The van der Waals surface area contributed by atoms with Gasteiger partial charge in [0.2, 0.25) is 0 Å². The second-order valence-corrected chi connectivity index (χ2v) is 11.7. The number of fused-ring (bicyclic) bond motifs is 3. The molecule has 1 saturated carbocycles. The van der Waals surface area contributed by atoms with E-state index in [-0.39, 0.29) is 23.5 Å². The van der Waals surface area contributed by atoms with Crippen LogP contribution in [-0.4, -0.2) is 43.3 Å². The number of thiocarbonyl (C=S) groups is 1. The van der Waals surface area contributed by atoms with Crippen molar-refractivity contribution in [2.24, 2.45) is 17.3 Å². The standard InChI is InChI=1S/C28H41NO4S/c1-18(2)14-21-15-25(34)29-28(26(21)30)24-16-23(33-13-12-32-19(3)4)7-6-20(24)17-27(28)10-8-22(31-5)9-11-27/h6-7,16,18-19,21-22H,8-15,17H2,1-5H3,(H,29,34). The Labute approximate surface area is 210 Å². The molecule has 1 N–H and O–H groups in total. The minimum atomic E-state index is -0.774. The summed E-state index contributed by atoms with van der Waals surface area (Å²) in [6.45, 7) is 9.46. The Hall–Kier alpha value is -1.50. The van der Waals surface area contributed by atoms with Crippen molar-refractivity contribution >= 4 is 23.0 Å². The lowest BCUT2D eigenvalue weighted by molar-refractivity contribution is -0.139. The zero-order valence-corrected chi connectivity index (χ0v) is 22.3. The van der Waals surface area contributed by atoms with Crippen molar-refractivity contribution < 1.29 is 19.0 Å². The summed E-state index contributed by atoms with van der Waals surface area (Å²) in [7, 11) is 1.80. The van der Waals surface area contributed by atoms with Crippen molar-refractivity contribution in [3.63, 3.8) is 0 Å². The van der Waals surface area contributed by atoms with Gasteiger partial charge in [0.25, 0.3) is 0 Å². The highest BCUT2D eigenvalue weighted by Gasteiger charge is 2.65. The van der Waals surface area contributed by atoms with Crippen LogP contribution in [0.4, 0.5) is 0 Å². The molecule has 3 aliphatic rings. The zero-order chi connectivity index (χ0) is 24.5. The molecule has 5 nitrogen and oxygen atoms in total. The maximum absolute atomic E-state index is 14.5. The highest BCUT2D eigenvalue weighted by molar-refractivity contribution is 7.80. The van der Waals surface area contributed by atoms with Crippen molar-refractivity contribution in [1.82, 2.24) is 5.32 Å². The smallest absolute Gasteiger partial charge is 0.166 e. The van der Waals surface area contributed by atoms with E-state index in [0.717, 1.165) is 54.8 Å². The van der Waals surface area contributed by atoms with Crippen LogP contribution < -0.4 is 10.1 Å². The number of hydrogen-bond donors (Lipinski definition) is 1. The molecule has 2 unspecified atom stereocenters. The number of ketones is 1. The summed E-state index contributed by atoms with van der Waals surface area (Å²) < 4.78 is 17.4. The fourth-order valence-corrected chi connectivity index (χ4v) is 6.96. The summed E-state index contributed by atoms with van der Waals surface area (Å²) >= 11 is 5.83. The van der Waals surface area contributed by atoms with Crippen LogP contribution >= 0.6 is 12.2 Å². The van der Waals surface area contributed by atoms with E-state index in [1.165, 1.54) is 5.56 Å². The van der Waals surface area contributed by atoms with Crippen molar-refractivity contribution in [2.75, 3.05) is 20.3 Å². The first-order valence-electron chi connectivity index (χ1n) is 13.0. The van der Waals surface area contributed by atoms with E-state index >= 15 is 0 Å². The molecule has 1 aromatic carbocycles. The van der Waals surface area contributed by atoms with Gasteiger partial charge < -0.3 is 19.5 Å². The number of benzene rings is 1. The number of ether oxygens (including phenoxy) is 3. The first-order valence-corrected chi connectivity index (χ1v) is 13.4. The van der Waals surface area contributed by atoms with E-state index in [1.807, 2.05) is 19.9 Å². The number of Topliss-reactive ketones (excluding diaryl/α,β-unsaturated/α-hetero) is 1. The minimum absolute atomic E-state index is 0.0410. The van der Waals surface area contributed by atoms with Crippen molar-refractivity contribution in [3.05, 3.63) is 29.3 Å². The molecule has 4 rings (SSSR count). The monoisotopic (exact) mass is 487 g/mol. The summed E-state index contributed by atoms with van der Waals surface area (Å²) in [6, 6.07) is 6.31. The first kappa shape index (κ1) is 25.6. The zero-order valence-electron chi connectivity index (χ0n) is 21.4. The second kappa shape index (κ2) is 10.2. The third-order valence-electron chi connectivity index (χ3n) is 8.09. The van der Waals surface area contributed by atoms with Gasteiger partial charge in [0.1, 0.15) is 17.9 Å². The van der Waals surface area contributed by atoms with Gasteiger partial charge in [0.15, 0.2) is 5.78 Å². The SMILES string of the molecule is COC1CCC2(CC1)Cc1ccc(OCCOC(C)C)cc1C21NC(=S)CC(CC(C)C)C1=O. The van der Waals surface area contributed by atoms with E-state index in [1.54, 1.807) is 7.11 Å². The third-order valence-corrected chi connectivity index (χ3v) is 8.36. The van der Waals surface area contributed by atoms with Gasteiger partial charge in [0, 0.05) is 24.9 Å². The van der Waals surface area contributed by atoms with Crippen LogP contribution in [0.15, 0.2) is 18.2 Å². The number of nitrogens with one attached hydrogen (secondary N) is 1. The normalized spacial score (nSPS) is 30.9. The van der Waals surface area contributed by atoms with Gasteiger partial charge in [-0.1, -0.05) is 32.1 Å². The molecule has 188 valence electrons. The molecule has 0 amide bonds. The molecule has 0 radical (unpaired) electrons. The van der Waals surface area contributed by atoms with Gasteiger partial charge >= 0.3 is 0 Å². The van der Waals surface area contributed by atoms with Crippen LogP contribution in [0, 0.1) is 17.3 Å². The van der Waals surface area contributed by atoms with Crippen LogP contribution in [0.2, 0.25) is 0 Å². The molecule has 34 heavy (non-hydrogen) atoms. The molecule has 1 aliphatic heterocycles. The summed E-state index contributed by atoms with van der Waals surface area (Å²) in [4.78, 5) is 15.3. The van der Waals surface area contributed by atoms with E-state index in [0.29, 0.717) is 31.3 Å². The maximum Gasteiger partial charge on any atom is 0.166 e. The van der Waals surface area contributed by atoms with Gasteiger partial charge in [-0.2, -0.15) is 0 Å². The summed E-state index contributed by atoms with van der Waals surface area (Å²) in [5.74, 6) is 1.52. The number of carbonyl (C=O) groups excluding carboxylic acids is 1. The molecule has 2 atom stereocenters. The quantitative estimate of drug-likeness (QED) is 0.393. The minimum Gasteiger partial charge on any atom is -0.491 e. The molecule has 6 heteroatoms. The Morgan fingerprint density at radius 1 is 1.15 bits per heavy atom. The fourth-order valence-electron chi connectivity index (χ4n) is 6.60. The average molecular weight is 488 g/mol. The molecule has 2 spiro atoms. The number of rotatable bonds is 8. The molecule has 1 heterocycles. The lowest BCUT2D eigenvalue weighted by atomic mass is 9.57. The predicted molar refractivity (Wildman–Crippen MR) is 138 cm³/mol. The van der Waals surface area contributed by atoms with E-state index in [2.05, 4.69) is 31.3 Å². The highest BCUT2D eigenvalue weighted by atomic mass is 32.1. The second-order valence-electron chi connectivity index (χ2n) is 11.2. The molecule has 1 saturated heterocycles. The van der Waals surface area contributed by atoms with Crippen LogP contribution in [0.25, 0.3) is 0 Å². The van der Waals surface area contributed by atoms with Crippen molar-refractivity contribution in [2.45, 2.75) is 90.4 Å². The van der Waals surface area contributed by atoms with Gasteiger partial charge in [-0.05, 0) is 81.5 Å². The Morgan fingerprint density at radius 2 is 1.88 bits per heavy atom. The number of piperidine rings is 1. The Kier molecular flexibility index (Phi) is 7.70. The molecule has 2 fully saturated rings. The lowest BCUT2D eigenvalue weighted by Gasteiger charge is -2.53. The molecule has 0 aromatic heterocycles. The maximum atomic E-state index is 14.5. The molecule has 0 bridgehead atoms. The topological polar surface area (TPSA) is 56.8 Å². The lowest BCUT2D eigenvalue weighted by Crippen LogP contribution is -2.65. The van der Waals surface area contributed by atoms with Gasteiger partial charge in [-0.15, -0.1) is 0 Å². The van der Waals surface area contributed by atoms with E-state index in [9.17, 15) is 4.79 Å². The van der Waals surface area contributed by atoms with E-state index < -0.39 is 5.54 Å². The summed E-state index contributed by atoms with van der Waals surface area (Å²) in [5, 5.41) is 3.66. The third kappa shape index (κ3) is 4.66. The molecular weight excluding hydrogens is 446 g/mol. The van der Waals surface area contributed by atoms with Gasteiger partial charge in [0.05, 0.1) is 23.8 Å². The van der Waals surface area contributed by atoms with Crippen LogP contribution in [0.3, 0.4) is 0 Å². The molecule has 2 aliphatic carbocycles.